The highest BCUT2D eigenvalue weighted by atomic mass is 79.9. The highest BCUT2D eigenvalue weighted by Gasteiger charge is 2.13. The summed E-state index contributed by atoms with van der Waals surface area (Å²) in [5.41, 5.74) is 1.56. The molecule has 2 rings (SSSR count). The molecule has 6 heteroatoms. The summed E-state index contributed by atoms with van der Waals surface area (Å²) in [6.45, 7) is 0.265. The van der Waals surface area contributed by atoms with E-state index in [4.69, 9.17) is 32.7 Å². The minimum absolute atomic E-state index is 0.249. The van der Waals surface area contributed by atoms with Gasteiger partial charge in [0.25, 0.3) is 0 Å². The molecule has 21 heavy (non-hydrogen) atoms. The van der Waals surface area contributed by atoms with Gasteiger partial charge in [-0.2, -0.15) is 0 Å². The lowest BCUT2D eigenvalue weighted by Crippen LogP contribution is -2.01. The van der Waals surface area contributed by atoms with Gasteiger partial charge in [0, 0.05) is 16.7 Å². The zero-order valence-electron chi connectivity index (χ0n) is 11.1. The Morgan fingerprint density at radius 1 is 1.24 bits per heavy atom. The van der Waals surface area contributed by atoms with Gasteiger partial charge in [0.2, 0.25) is 0 Å². The molecule has 0 aromatic heterocycles. The molecular weight excluding hydrogens is 382 g/mol. The normalized spacial score (nSPS) is 10.5. The number of halogens is 4. The van der Waals surface area contributed by atoms with E-state index in [0.717, 1.165) is 11.1 Å². The summed E-state index contributed by atoms with van der Waals surface area (Å²) in [5.74, 6) is 0.986. The van der Waals surface area contributed by atoms with Crippen molar-refractivity contribution in [3.8, 4) is 11.5 Å². The zero-order chi connectivity index (χ0) is 15.4. The van der Waals surface area contributed by atoms with Gasteiger partial charge in [-0.1, -0.05) is 17.7 Å². The van der Waals surface area contributed by atoms with Crippen LogP contribution >= 0.6 is 39.1 Å². The summed E-state index contributed by atoms with van der Waals surface area (Å²) < 4.78 is 24.6. The van der Waals surface area contributed by atoms with Crippen molar-refractivity contribution in [1.29, 1.82) is 0 Å². The Morgan fingerprint density at radius 2 is 2.00 bits per heavy atom. The van der Waals surface area contributed by atoms with Crippen LogP contribution in [0.3, 0.4) is 0 Å². The van der Waals surface area contributed by atoms with E-state index in [1.54, 1.807) is 24.3 Å². The lowest BCUT2D eigenvalue weighted by atomic mass is 10.2. The van der Waals surface area contributed by atoms with Gasteiger partial charge in [-0.05, 0) is 39.7 Å². The molecule has 0 fully saturated rings. The number of rotatable bonds is 5. The summed E-state index contributed by atoms with van der Waals surface area (Å²) in [4.78, 5) is 0. The number of methoxy groups -OCH3 is 1. The summed E-state index contributed by atoms with van der Waals surface area (Å²) in [6.07, 6.45) is 0. The van der Waals surface area contributed by atoms with Crippen LogP contribution in [0.4, 0.5) is 4.39 Å². The minimum atomic E-state index is -0.315. The molecule has 0 unspecified atom stereocenters. The van der Waals surface area contributed by atoms with Crippen LogP contribution in [0.25, 0.3) is 0 Å². The maximum atomic E-state index is 13.2. The van der Waals surface area contributed by atoms with E-state index < -0.39 is 0 Å². The highest BCUT2D eigenvalue weighted by Crippen LogP contribution is 2.36. The van der Waals surface area contributed by atoms with Crippen LogP contribution in [0.1, 0.15) is 11.1 Å². The third kappa shape index (κ3) is 4.02. The fraction of sp³-hybridized carbons (Fsp3) is 0.200. The topological polar surface area (TPSA) is 18.5 Å². The average Bonchev–Trinajstić information content (AvgIpc) is 2.48. The summed E-state index contributed by atoms with van der Waals surface area (Å²) in [5, 5.41) is 0.527. The van der Waals surface area contributed by atoms with Gasteiger partial charge >= 0.3 is 0 Å². The Kier molecular flexibility index (Phi) is 5.73. The van der Waals surface area contributed by atoms with Gasteiger partial charge in [-0.25, -0.2) is 4.39 Å². The van der Waals surface area contributed by atoms with Crippen molar-refractivity contribution in [3.63, 3.8) is 0 Å². The highest BCUT2D eigenvalue weighted by molar-refractivity contribution is 9.10. The van der Waals surface area contributed by atoms with Crippen molar-refractivity contribution in [3.05, 3.63) is 56.8 Å². The first-order valence-corrected chi connectivity index (χ1v) is 7.74. The van der Waals surface area contributed by atoms with Gasteiger partial charge in [-0.15, -0.1) is 11.6 Å². The molecular formula is C15H12BrCl2FO2. The Bertz CT molecular complexity index is 625. The number of alkyl halides is 1. The molecule has 0 aliphatic heterocycles. The molecule has 112 valence electrons. The standard InChI is InChI=1S/C15H12BrCl2FO2/c1-20-14-6-11(18)5-10(7-17)15(14)21-8-9-2-3-13(19)12(16)4-9/h2-6H,7-8H2,1H3. The molecule has 0 saturated carbocycles. The molecule has 0 heterocycles. The van der Waals surface area contributed by atoms with Crippen LogP contribution in [0.15, 0.2) is 34.8 Å². The summed E-state index contributed by atoms with van der Waals surface area (Å²) >= 11 is 15.0. The van der Waals surface area contributed by atoms with Gasteiger partial charge in [-0.3, -0.25) is 0 Å². The Balaban J connectivity index is 2.24. The molecule has 0 N–H and O–H groups in total. The Hall–Kier alpha value is -0.970. The van der Waals surface area contributed by atoms with Crippen molar-refractivity contribution >= 4 is 39.1 Å². The van der Waals surface area contributed by atoms with E-state index in [1.165, 1.54) is 13.2 Å². The molecule has 0 aliphatic rings. The monoisotopic (exact) mass is 392 g/mol. The molecule has 0 spiro atoms. The predicted molar refractivity (Wildman–Crippen MR) is 86.0 cm³/mol. The van der Waals surface area contributed by atoms with E-state index in [9.17, 15) is 4.39 Å². The number of ether oxygens (including phenoxy) is 2. The first-order chi connectivity index (χ1) is 10.0. The Labute approximate surface area is 140 Å². The number of hydrogen-bond donors (Lipinski definition) is 0. The second-order valence-corrected chi connectivity index (χ2v) is 5.83. The number of benzene rings is 2. The quantitative estimate of drug-likeness (QED) is 0.618. The van der Waals surface area contributed by atoms with Gasteiger partial charge < -0.3 is 9.47 Å². The van der Waals surface area contributed by atoms with E-state index in [-0.39, 0.29) is 18.3 Å². The third-order valence-corrected chi connectivity index (χ3v) is 3.94. The largest absolute Gasteiger partial charge is 0.493 e. The fourth-order valence-corrected chi connectivity index (χ4v) is 2.68. The minimum Gasteiger partial charge on any atom is -0.493 e. The molecule has 2 aromatic carbocycles. The molecule has 0 aliphatic carbocycles. The average molecular weight is 394 g/mol. The molecule has 0 amide bonds. The lowest BCUT2D eigenvalue weighted by Gasteiger charge is -2.15. The molecule has 2 nitrogen and oxygen atoms in total. The van der Waals surface area contributed by atoms with Crippen molar-refractivity contribution in [1.82, 2.24) is 0 Å². The molecule has 0 bridgehead atoms. The summed E-state index contributed by atoms with van der Waals surface area (Å²) in [7, 11) is 1.53. The van der Waals surface area contributed by atoms with Gasteiger partial charge in [0.15, 0.2) is 11.5 Å². The van der Waals surface area contributed by atoms with Gasteiger partial charge in [0.1, 0.15) is 12.4 Å². The van der Waals surface area contributed by atoms with Crippen LogP contribution in [0.2, 0.25) is 5.02 Å². The third-order valence-electron chi connectivity index (χ3n) is 2.83. The van der Waals surface area contributed by atoms with Crippen molar-refractivity contribution in [2.45, 2.75) is 12.5 Å². The second-order valence-electron chi connectivity index (χ2n) is 4.27. The Morgan fingerprint density at radius 3 is 2.62 bits per heavy atom. The maximum absolute atomic E-state index is 13.2. The van der Waals surface area contributed by atoms with E-state index in [1.807, 2.05) is 0 Å². The first-order valence-electron chi connectivity index (χ1n) is 6.04. The second kappa shape index (κ2) is 7.34. The predicted octanol–water partition coefficient (Wildman–Crippen LogP) is 5.57. The smallest absolute Gasteiger partial charge is 0.166 e. The lowest BCUT2D eigenvalue weighted by molar-refractivity contribution is 0.282. The maximum Gasteiger partial charge on any atom is 0.166 e. The van der Waals surface area contributed by atoms with Crippen LogP contribution < -0.4 is 9.47 Å². The van der Waals surface area contributed by atoms with Gasteiger partial charge in [0.05, 0.1) is 17.5 Å². The molecule has 0 saturated heterocycles. The van der Waals surface area contributed by atoms with Crippen molar-refractivity contribution in [2.75, 3.05) is 7.11 Å². The van der Waals surface area contributed by atoms with Crippen LogP contribution in [0.5, 0.6) is 11.5 Å². The van der Waals surface area contributed by atoms with Crippen LogP contribution in [0, 0.1) is 5.82 Å². The number of hydrogen-bond acceptors (Lipinski definition) is 2. The molecule has 0 atom stereocenters. The first kappa shape index (κ1) is 16.4. The summed E-state index contributed by atoms with van der Waals surface area (Å²) in [6, 6.07) is 8.09. The van der Waals surface area contributed by atoms with Crippen molar-refractivity contribution in [2.24, 2.45) is 0 Å². The molecule has 0 radical (unpaired) electrons. The fourth-order valence-electron chi connectivity index (χ4n) is 1.82. The van der Waals surface area contributed by atoms with E-state index >= 15 is 0 Å². The van der Waals surface area contributed by atoms with Crippen molar-refractivity contribution < 1.29 is 13.9 Å². The van der Waals surface area contributed by atoms with Crippen LogP contribution in [-0.2, 0) is 12.5 Å². The van der Waals surface area contributed by atoms with E-state index in [0.29, 0.717) is 21.0 Å². The molecule has 2 aromatic rings. The SMILES string of the molecule is COc1cc(Cl)cc(CCl)c1OCc1ccc(F)c(Br)c1. The zero-order valence-corrected chi connectivity index (χ0v) is 14.2. The van der Waals surface area contributed by atoms with Crippen LogP contribution in [-0.4, -0.2) is 7.11 Å². The van der Waals surface area contributed by atoms with E-state index in [2.05, 4.69) is 15.9 Å².